The van der Waals surface area contributed by atoms with Gasteiger partial charge in [0.25, 0.3) is 0 Å². The van der Waals surface area contributed by atoms with Gasteiger partial charge in [-0.2, -0.15) is 0 Å². The highest BCUT2D eigenvalue weighted by atomic mass is 15.1. The summed E-state index contributed by atoms with van der Waals surface area (Å²) in [5.74, 6) is 0. The summed E-state index contributed by atoms with van der Waals surface area (Å²) in [6.07, 6.45) is 0. The minimum Gasteiger partial charge on any atom is -0.309 e. The van der Waals surface area contributed by atoms with Gasteiger partial charge < -0.3 is 4.90 Å². The quantitative estimate of drug-likeness (QED) is 0.157. The molecule has 0 N–H and O–H groups in total. The molecule has 1 aliphatic carbocycles. The zero-order chi connectivity index (χ0) is 38.5. The Labute approximate surface area is 339 Å². The van der Waals surface area contributed by atoms with Crippen LogP contribution in [0.4, 0.5) is 17.1 Å². The van der Waals surface area contributed by atoms with E-state index in [4.69, 9.17) is 0 Å². The molecular formula is C57H39N. The molecule has 0 atom stereocenters. The van der Waals surface area contributed by atoms with Crippen LogP contribution in [0.15, 0.2) is 237 Å². The number of anilines is 3. The Morgan fingerprint density at radius 3 is 1.50 bits per heavy atom. The van der Waals surface area contributed by atoms with Crippen molar-refractivity contribution < 1.29 is 0 Å². The highest BCUT2D eigenvalue weighted by Crippen LogP contribution is 2.60. The second-order valence-corrected chi connectivity index (χ2v) is 15.2. The van der Waals surface area contributed by atoms with E-state index in [1.807, 2.05) is 0 Å². The first-order valence-electron chi connectivity index (χ1n) is 20.1. The Balaban J connectivity index is 1.26. The summed E-state index contributed by atoms with van der Waals surface area (Å²) in [5.41, 5.74) is 15.2. The van der Waals surface area contributed by atoms with Crippen molar-refractivity contribution in [1.29, 1.82) is 0 Å². The maximum absolute atomic E-state index is 2.52. The zero-order valence-electron chi connectivity index (χ0n) is 32.0. The Bertz CT molecular complexity index is 3070. The number of rotatable bonds is 7. The fraction of sp³-hybridized carbons (Fsp3) is 0.0175. The Morgan fingerprint density at radius 1 is 0.293 bits per heavy atom. The van der Waals surface area contributed by atoms with Gasteiger partial charge in [-0.05, 0) is 102 Å². The smallest absolute Gasteiger partial charge is 0.0714 e. The van der Waals surface area contributed by atoms with Crippen molar-refractivity contribution in [2.45, 2.75) is 5.41 Å². The van der Waals surface area contributed by atoms with Crippen molar-refractivity contribution in [3.8, 4) is 33.4 Å². The summed E-state index contributed by atoms with van der Waals surface area (Å²) in [5, 5.41) is 4.89. The fourth-order valence-corrected chi connectivity index (χ4v) is 9.60. The minimum absolute atomic E-state index is 0.554. The van der Waals surface area contributed by atoms with E-state index in [0.717, 1.165) is 17.1 Å². The molecule has 11 rings (SSSR count). The summed E-state index contributed by atoms with van der Waals surface area (Å²) in [6, 6.07) is 87.0. The molecular weight excluding hydrogens is 699 g/mol. The molecule has 58 heavy (non-hydrogen) atoms. The van der Waals surface area contributed by atoms with Gasteiger partial charge in [-0.15, -0.1) is 0 Å². The van der Waals surface area contributed by atoms with Crippen LogP contribution in [-0.2, 0) is 5.41 Å². The maximum atomic E-state index is 2.52. The van der Waals surface area contributed by atoms with Crippen LogP contribution in [0, 0.1) is 0 Å². The predicted molar refractivity (Wildman–Crippen MR) is 244 cm³/mol. The zero-order valence-corrected chi connectivity index (χ0v) is 32.0. The lowest BCUT2D eigenvalue weighted by atomic mass is 9.67. The summed E-state index contributed by atoms with van der Waals surface area (Å²) >= 11 is 0. The number of nitrogens with zero attached hydrogens (tertiary/aromatic N) is 1. The van der Waals surface area contributed by atoms with Gasteiger partial charge >= 0.3 is 0 Å². The molecule has 10 aromatic carbocycles. The molecule has 0 saturated heterocycles. The average Bonchev–Trinajstić information content (AvgIpc) is 3.59. The molecule has 0 unspecified atom stereocenters. The highest BCUT2D eigenvalue weighted by Gasteiger charge is 2.47. The SMILES string of the molecule is c1ccc(-c2ccccc2-c2ccccc2N(c2ccc3ccccc3c2)c2cccc3c2-c2cc4ccccc4cc2C3(c2ccccc2)c2ccccc2)cc1. The Morgan fingerprint density at radius 2 is 0.810 bits per heavy atom. The van der Waals surface area contributed by atoms with Crippen molar-refractivity contribution >= 4 is 38.6 Å². The Kier molecular flexibility index (Phi) is 8.12. The molecule has 0 amide bonds. The van der Waals surface area contributed by atoms with E-state index in [0.29, 0.717) is 0 Å². The molecule has 0 aromatic heterocycles. The third-order valence-corrected chi connectivity index (χ3v) is 12.1. The largest absolute Gasteiger partial charge is 0.309 e. The molecule has 0 saturated carbocycles. The Hall–Kier alpha value is -7.48. The van der Waals surface area contributed by atoms with Crippen LogP contribution < -0.4 is 4.90 Å². The van der Waals surface area contributed by atoms with Crippen molar-refractivity contribution in [3.05, 3.63) is 259 Å². The maximum Gasteiger partial charge on any atom is 0.0714 e. The number of hydrogen-bond acceptors (Lipinski definition) is 1. The third-order valence-electron chi connectivity index (χ3n) is 12.1. The van der Waals surface area contributed by atoms with E-state index in [1.54, 1.807) is 0 Å². The van der Waals surface area contributed by atoms with E-state index in [2.05, 4.69) is 241 Å². The molecule has 1 heteroatoms. The topological polar surface area (TPSA) is 3.24 Å². The number of hydrogen-bond donors (Lipinski definition) is 0. The molecule has 0 aliphatic heterocycles. The lowest BCUT2D eigenvalue weighted by Gasteiger charge is -2.35. The summed E-state index contributed by atoms with van der Waals surface area (Å²) in [4.78, 5) is 2.52. The fourth-order valence-electron chi connectivity index (χ4n) is 9.60. The van der Waals surface area contributed by atoms with Crippen molar-refractivity contribution in [2.24, 2.45) is 0 Å². The summed E-state index contributed by atoms with van der Waals surface area (Å²) in [7, 11) is 0. The predicted octanol–water partition coefficient (Wildman–Crippen LogP) is 15.2. The first-order valence-corrected chi connectivity index (χ1v) is 20.1. The molecule has 1 nitrogen and oxygen atoms in total. The second kappa shape index (κ2) is 13.9. The van der Waals surface area contributed by atoms with Crippen LogP contribution in [0.5, 0.6) is 0 Å². The van der Waals surface area contributed by atoms with Gasteiger partial charge in [0.15, 0.2) is 0 Å². The van der Waals surface area contributed by atoms with Crippen molar-refractivity contribution in [1.82, 2.24) is 0 Å². The van der Waals surface area contributed by atoms with E-state index in [9.17, 15) is 0 Å². The van der Waals surface area contributed by atoms with Gasteiger partial charge in [0.05, 0.1) is 16.8 Å². The lowest BCUT2D eigenvalue weighted by Crippen LogP contribution is -2.28. The molecule has 272 valence electrons. The molecule has 0 fully saturated rings. The summed E-state index contributed by atoms with van der Waals surface area (Å²) < 4.78 is 0. The molecule has 1 aliphatic rings. The van der Waals surface area contributed by atoms with Crippen LogP contribution in [0.25, 0.3) is 54.9 Å². The van der Waals surface area contributed by atoms with Gasteiger partial charge in [-0.1, -0.05) is 200 Å². The summed E-state index contributed by atoms with van der Waals surface area (Å²) in [6.45, 7) is 0. The minimum atomic E-state index is -0.554. The molecule has 0 radical (unpaired) electrons. The van der Waals surface area contributed by atoms with Crippen LogP contribution in [0.1, 0.15) is 22.3 Å². The van der Waals surface area contributed by atoms with Crippen molar-refractivity contribution in [3.63, 3.8) is 0 Å². The first kappa shape index (κ1) is 33.8. The van der Waals surface area contributed by atoms with Gasteiger partial charge in [0.2, 0.25) is 0 Å². The van der Waals surface area contributed by atoms with Crippen LogP contribution in [0.2, 0.25) is 0 Å². The normalized spacial score (nSPS) is 12.6. The molecule has 10 aromatic rings. The van der Waals surface area contributed by atoms with E-state index >= 15 is 0 Å². The van der Waals surface area contributed by atoms with E-state index in [1.165, 1.54) is 77.2 Å². The molecule has 0 bridgehead atoms. The van der Waals surface area contributed by atoms with E-state index < -0.39 is 5.41 Å². The third kappa shape index (κ3) is 5.32. The number of benzene rings is 10. The van der Waals surface area contributed by atoms with E-state index in [-0.39, 0.29) is 0 Å². The number of fused-ring (bicyclic) bond motifs is 5. The molecule has 0 spiro atoms. The first-order chi connectivity index (χ1) is 28.8. The van der Waals surface area contributed by atoms with Gasteiger partial charge in [0, 0.05) is 16.8 Å². The monoisotopic (exact) mass is 737 g/mol. The average molecular weight is 738 g/mol. The van der Waals surface area contributed by atoms with Crippen LogP contribution in [0.3, 0.4) is 0 Å². The van der Waals surface area contributed by atoms with Gasteiger partial charge in [-0.25, -0.2) is 0 Å². The van der Waals surface area contributed by atoms with Crippen molar-refractivity contribution in [2.75, 3.05) is 4.90 Å². The van der Waals surface area contributed by atoms with Gasteiger partial charge in [0.1, 0.15) is 0 Å². The number of para-hydroxylation sites is 1. The lowest BCUT2D eigenvalue weighted by molar-refractivity contribution is 0.769. The van der Waals surface area contributed by atoms with Gasteiger partial charge in [-0.3, -0.25) is 0 Å². The highest BCUT2D eigenvalue weighted by molar-refractivity contribution is 6.04. The van der Waals surface area contributed by atoms with Crippen LogP contribution in [-0.4, -0.2) is 0 Å². The molecule has 0 heterocycles. The van der Waals surface area contributed by atoms with Crippen LogP contribution >= 0.6 is 0 Å². The standard InChI is InChI=1S/C57H39N/c1-4-20-41(21-5-1)48-29-14-15-30-49(48)50-31-16-17-33-54(50)58(47-36-35-40-19-10-11-22-42(40)37-47)55-34-18-32-52-56(55)51-38-43-23-12-13-24-44(43)39-53(51)57(52,45-25-6-2-7-26-45)46-27-8-3-9-28-46/h1-39H. The second-order valence-electron chi connectivity index (χ2n) is 15.2.